The number of hydrogen-bond donors (Lipinski definition) is 2. The van der Waals surface area contributed by atoms with Crippen molar-refractivity contribution in [3.63, 3.8) is 0 Å². The lowest BCUT2D eigenvalue weighted by atomic mass is 10.0. The number of ether oxygens (including phenoxy) is 3. The van der Waals surface area contributed by atoms with Gasteiger partial charge in [-0.1, -0.05) is 115 Å². The van der Waals surface area contributed by atoms with Crippen LogP contribution in [0.2, 0.25) is 0 Å². The summed E-state index contributed by atoms with van der Waals surface area (Å²) in [5.74, 6) is 0. The quantitative estimate of drug-likeness (QED) is 0.0354. The van der Waals surface area contributed by atoms with Crippen molar-refractivity contribution in [1.82, 2.24) is 0 Å². The van der Waals surface area contributed by atoms with E-state index in [9.17, 15) is 0 Å². The van der Waals surface area contributed by atoms with E-state index in [1.807, 2.05) is 103 Å². The summed E-state index contributed by atoms with van der Waals surface area (Å²) in [5, 5.41) is 0. The number of benzene rings is 6. The zero-order valence-corrected chi connectivity index (χ0v) is 31.1. The standard InChI is InChI=1S/C48H48N4O3/c49-51-47(42-12-6-2-7-13-42)44-24-20-37(21-25-44)28-31-53-32-29-46(55-36-41-18-16-39(17-19-41)34-38-10-4-1-5-11-38)30-33-54-35-40-22-26-45(27-23-40)48(52-50)43-14-8-3-9-15-43/h1-27,46,49-50H,28-36H2/q+2. The first kappa shape index (κ1) is 38.7. The summed E-state index contributed by atoms with van der Waals surface area (Å²) < 4.78 is 18.7. The Hall–Kier alpha value is -6.04. The van der Waals surface area contributed by atoms with E-state index < -0.39 is 0 Å². The molecule has 0 saturated carbocycles. The minimum atomic E-state index is -0.0204. The molecule has 0 fully saturated rings. The van der Waals surface area contributed by atoms with E-state index in [1.54, 1.807) is 0 Å². The molecule has 0 radical (unpaired) electrons. The van der Waals surface area contributed by atoms with Gasteiger partial charge in [-0.05, 0) is 102 Å². The van der Waals surface area contributed by atoms with Crippen molar-refractivity contribution in [2.24, 2.45) is 0 Å². The number of rotatable bonds is 20. The van der Waals surface area contributed by atoms with Gasteiger partial charge in [-0.2, -0.15) is 0 Å². The molecule has 0 spiro atoms. The van der Waals surface area contributed by atoms with Crippen LogP contribution in [0.4, 0.5) is 0 Å². The Morgan fingerprint density at radius 2 is 0.836 bits per heavy atom. The van der Waals surface area contributed by atoms with Crippen LogP contribution < -0.4 is 0 Å². The van der Waals surface area contributed by atoms with Gasteiger partial charge in [-0.15, -0.1) is 0 Å². The van der Waals surface area contributed by atoms with Gasteiger partial charge in [0.2, 0.25) is 0 Å². The van der Waals surface area contributed by atoms with E-state index in [2.05, 4.69) is 70.2 Å². The lowest BCUT2D eigenvalue weighted by molar-refractivity contribution is -0.117. The first-order valence-electron chi connectivity index (χ1n) is 18.9. The highest BCUT2D eigenvalue weighted by Gasteiger charge is 2.18. The van der Waals surface area contributed by atoms with Crippen LogP contribution in [-0.4, -0.2) is 46.9 Å². The van der Waals surface area contributed by atoms with Crippen LogP contribution in [0.3, 0.4) is 0 Å². The molecule has 6 aromatic rings. The second-order valence-electron chi connectivity index (χ2n) is 13.5. The normalized spacial score (nSPS) is 11.3. The molecule has 1 atom stereocenters. The van der Waals surface area contributed by atoms with E-state index in [4.69, 9.17) is 25.3 Å². The zero-order valence-electron chi connectivity index (χ0n) is 31.1. The Labute approximate surface area is 324 Å². The van der Waals surface area contributed by atoms with Crippen LogP contribution >= 0.6 is 0 Å². The van der Waals surface area contributed by atoms with E-state index in [1.165, 1.54) is 16.7 Å². The van der Waals surface area contributed by atoms with Gasteiger partial charge in [-0.3, -0.25) is 0 Å². The summed E-state index contributed by atoms with van der Waals surface area (Å²) in [6.07, 6.45) is 3.19. The smallest absolute Gasteiger partial charge is 0.379 e. The molecule has 0 aliphatic heterocycles. The monoisotopic (exact) mass is 728 g/mol. The molecule has 0 heterocycles. The number of hydrogen-bond acceptors (Lipinski definition) is 5. The molecule has 55 heavy (non-hydrogen) atoms. The largest absolute Gasteiger partial charge is 0.381 e. The summed E-state index contributed by atoms with van der Waals surface area (Å²) >= 11 is 0. The van der Waals surface area contributed by atoms with Gasteiger partial charge < -0.3 is 14.2 Å². The van der Waals surface area contributed by atoms with Crippen molar-refractivity contribution in [1.29, 1.82) is 11.1 Å². The summed E-state index contributed by atoms with van der Waals surface area (Å²) in [7, 11) is 0. The molecule has 7 nitrogen and oxygen atoms in total. The highest BCUT2D eigenvalue weighted by Crippen LogP contribution is 2.16. The average molecular weight is 729 g/mol. The molecule has 2 N–H and O–H groups in total. The molecule has 0 saturated heterocycles. The van der Waals surface area contributed by atoms with Gasteiger partial charge >= 0.3 is 11.4 Å². The SMILES string of the molecule is N=[N+]=C(c1ccccc1)c1ccc(CCOCCC(CCOCc2ccc(C(=[N+]=N)c3ccccc3)cc2)OCc2ccc(Cc3ccccc3)cc2)cc1. The fraction of sp³-hybridized carbons (Fsp3) is 0.208. The second kappa shape index (κ2) is 21.0. The maximum Gasteiger partial charge on any atom is 0.379 e. The molecule has 0 aliphatic carbocycles. The summed E-state index contributed by atoms with van der Waals surface area (Å²) in [6, 6.07) is 55.1. The fourth-order valence-electron chi connectivity index (χ4n) is 6.39. The Morgan fingerprint density at radius 3 is 1.38 bits per heavy atom. The number of nitrogens with one attached hydrogen (secondary N) is 2. The third-order valence-electron chi connectivity index (χ3n) is 9.50. The van der Waals surface area contributed by atoms with E-state index >= 15 is 0 Å². The third kappa shape index (κ3) is 12.0. The van der Waals surface area contributed by atoms with Gasteiger partial charge in [0.15, 0.2) is 0 Å². The Bertz CT molecular complexity index is 2140. The minimum Gasteiger partial charge on any atom is -0.381 e. The van der Waals surface area contributed by atoms with Crippen molar-refractivity contribution in [2.75, 3.05) is 19.8 Å². The van der Waals surface area contributed by atoms with Crippen molar-refractivity contribution >= 4 is 11.4 Å². The van der Waals surface area contributed by atoms with Crippen LogP contribution in [0.5, 0.6) is 0 Å². The fourth-order valence-corrected chi connectivity index (χ4v) is 6.39. The molecule has 6 rings (SSSR count). The lowest BCUT2D eigenvalue weighted by Gasteiger charge is -2.19. The van der Waals surface area contributed by atoms with Crippen molar-refractivity contribution in [3.05, 3.63) is 214 Å². The minimum absolute atomic E-state index is 0.0204. The van der Waals surface area contributed by atoms with Crippen LogP contribution in [0.15, 0.2) is 164 Å². The topological polar surface area (TPSA) is 104 Å². The zero-order chi connectivity index (χ0) is 37.9. The van der Waals surface area contributed by atoms with Crippen LogP contribution in [0, 0.1) is 11.1 Å². The molecule has 0 aliphatic rings. The molecule has 0 amide bonds. The predicted octanol–water partition coefficient (Wildman–Crippen LogP) is 9.57. The molecule has 276 valence electrons. The molecular weight excluding hydrogens is 681 g/mol. The molecule has 0 bridgehead atoms. The lowest BCUT2D eigenvalue weighted by Crippen LogP contribution is -2.19. The van der Waals surface area contributed by atoms with E-state index in [0.717, 1.165) is 59.1 Å². The summed E-state index contributed by atoms with van der Waals surface area (Å²) in [6.45, 7) is 2.77. The highest BCUT2D eigenvalue weighted by atomic mass is 16.5. The Morgan fingerprint density at radius 1 is 0.418 bits per heavy atom. The predicted molar refractivity (Wildman–Crippen MR) is 216 cm³/mol. The van der Waals surface area contributed by atoms with Crippen LogP contribution in [-0.2, 0) is 40.3 Å². The highest BCUT2D eigenvalue weighted by molar-refractivity contribution is 6.09. The van der Waals surface area contributed by atoms with Crippen molar-refractivity contribution in [2.45, 2.75) is 45.0 Å². The van der Waals surface area contributed by atoms with E-state index in [0.29, 0.717) is 44.5 Å². The van der Waals surface area contributed by atoms with Gasteiger partial charge in [0.1, 0.15) is 0 Å². The summed E-state index contributed by atoms with van der Waals surface area (Å²) in [4.78, 5) is 7.58. The third-order valence-corrected chi connectivity index (χ3v) is 9.50. The molecule has 0 aromatic heterocycles. The van der Waals surface area contributed by atoms with Gasteiger partial charge in [0.25, 0.3) is 0 Å². The van der Waals surface area contributed by atoms with Gasteiger partial charge in [0, 0.05) is 13.2 Å². The Kier molecular flexibility index (Phi) is 14.8. The van der Waals surface area contributed by atoms with Crippen molar-refractivity contribution < 1.29 is 23.8 Å². The van der Waals surface area contributed by atoms with E-state index in [-0.39, 0.29) is 6.10 Å². The number of nitrogens with zero attached hydrogens (tertiary/aromatic N) is 2. The average Bonchev–Trinajstić information content (AvgIpc) is 3.24. The molecule has 1 unspecified atom stereocenters. The second-order valence-corrected chi connectivity index (χ2v) is 13.5. The molecule has 6 aromatic carbocycles. The maximum atomic E-state index is 7.70. The molecule has 7 heteroatoms. The maximum absolute atomic E-state index is 7.70. The van der Waals surface area contributed by atoms with Crippen LogP contribution in [0.1, 0.15) is 62.9 Å². The van der Waals surface area contributed by atoms with Gasteiger partial charge in [-0.25, -0.2) is 0 Å². The van der Waals surface area contributed by atoms with Crippen LogP contribution in [0.25, 0.3) is 0 Å². The first-order valence-corrected chi connectivity index (χ1v) is 18.9. The molecular formula is C48H48N4O3+2. The van der Waals surface area contributed by atoms with Gasteiger partial charge in [0.05, 0.1) is 68.8 Å². The Balaban J connectivity index is 0.984. The first-order chi connectivity index (χ1) is 27.2. The summed E-state index contributed by atoms with van der Waals surface area (Å²) in [5.41, 5.74) is 26.3. The van der Waals surface area contributed by atoms with Crippen molar-refractivity contribution in [3.8, 4) is 0 Å².